The molecule has 5 atom stereocenters. The van der Waals surface area contributed by atoms with Crippen LogP contribution >= 0.6 is 0 Å². The maximum absolute atomic E-state index is 15.1. The minimum absolute atomic E-state index is 0.0129. The molecule has 2 fully saturated rings. The van der Waals surface area contributed by atoms with Gasteiger partial charge in [0.2, 0.25) is 5.91 Å². The number of aliphatic hydroxyl groups is 1. The van der Waals surface area contributed by atoms with Gasteiger partial charge in [-0.2, -0.15) is 22.0 Å². The van der Waals surface area contributed by atoms with E-state index in [0.717, 1.165) is 16.7 Å². The predicted octanol–water partition coefficient (Wildman–Crippen LogP) is 5.38. The molecule has 0 heterocycles. The third kappa shape index (κ3) is 4.77. The lowest BCUT2D eigenvalue weighted by Crippen LogP contribution is -2.65. The second-order valence-corrected chi connectivity index (χ2v) is 12.3. The Morgan fingerprint density at radius 3 is 2.31 bits per heavy atom. The van der Waals surface area contributed by atoms with Crippen LogP contribution in [0, 0.1) is 17.3 Å². The fraction of sp³-hybridized carbons (Fsp3) is 0.581. The molecule has 2 amide bonds. The molecule has 0 saturated heterocycles. The molecule has 5 rings (SSSR count). The maximum atomic E-state index is 15.1. The van der Waals surface area contributed by atoms with Crippen LogP contribution in [0.15, 0.2) is 47.1 Å². The molecule has 2 unspecified atom stereocenters. The average molecular weight is 595 g/mol. The van der Waals surface area contributed by atoms with E-state index in [1.807, 2.05) is 0 Å². The number of carbonyl (C=O) groups excluding carboxylic acids is 3. The van der Waals surface area contributed by atoms with Crippen LogP contribution in [0.3, 0.4) is 0 Å². The van der Waals surface area contributed by atoms with E-state index >= 15 is 8.78 Å². The lowest BCUT2D eigenvalue weighted by Gasteiger charge is -2.56. The zero-order chi connectivity index (χ0) is 30.7. The minimum atomic E-state index is -5.91. The van der Waals surface area contributed by atoms with Crippen molar-refractivity contribution in [2.45, 2.75) is 82.4 Å². The molecular formula is C31H35F5N2O4. The highest BCUT2D eigenvalue weighted by atomic mass is 19.4. The van der Waals surface area contributed by atoms with Gasteiger partial charge >= 0.3 is 12.1 Å². The van der Waals surface area contributed by atoms with Crippen molar-refractivity contribution in [3.63, 3.8) is 0 Å². The molecule has 6 nitrogen and oxygen atoms in total. The molecule has 0 aliphatic heterocycles. The van der Waals surface area contributed by atoms with Gasteiger partial charge in [0.15, 0.2) is 5.78 Å². The molecule has 4 aliphatic carbocycles. The highest BCUT2D eigenvalue weighted by Gasteiger charge is 2.79. The molecule has 228 valence electrons. The SMILES string of the molecule is CC(=O)NCCNC(=O)c1ccc([C@H]2CC3(C)[C@@H](CC[C@@]3(O)C(F)(F)C(F)(F)F)C3CCC4=CC(=O)CCC4=C32)cc1. The quantitative estimate of drug-likeness (QED) is 0.305. The van der Waals surface area contributed by atoms with Crippen molar-refractivity contribution in [2.24, 2.45) is 17.3 Å². The van der Waals surface area contributed by atoms with Gasteiger partial charge in [0.1, 0.15) is 5.60 Å². The summed E-state index contributed by atoms with van der Waals surface area (Å²) in [5.41, 5.74) is -1.19. The Hall–Kier alpha value is -3.08. The average Bonchev–Trinajstić information content (AvgIpc) is 3.21. The third-order valence-electron chi connectivity index (χ3n) is 10.1. The molecule has 1 aromatic rings. The van der Waals surface area contributed by atoms with E-state index in [-0.39, 0.29) is 49.4 Å². The number of nitrogens with one attached hydrogen (secondary N) is 2. The van der Waals surface area contributed by atoms with Crippen molar-refractivity contribution in [3.8, 4) is 0 Å². The van der Waals surface area contributed by atoms with Crippen LogP contribution in [0.5, 0.6) is 0 Å². The molecule has 0 radical (unpaired) electrons. The normalized spacial score (nSPS) is 31.1. The van der Waals surface area contributed by atoms with Gasteiger partial charge in [-0.3, -0.25) is 14.4 Å². The van der Waals surface area contributed by atoms with Gasteiger partial charge < -0.3 is 15.7 Å². The van der Waals surface area contributed by atoms with Gasteiger partial charge in [0, 0.05) is 43.3 Å². The molecule has 2 saturated carbocycles. The lowest BCUT2D eigenvalue weighted by molar-refractivity contribution is -0.362. The molecular weight excluding hydrogens is 559 g/mol. The second kappa shape index (κ2) is 10.6. The summed E-state index contributed by atoms with van der Waals surface area (Å²) >= 11 is 0. The van der Waals surface area contributed by atoms with Gasteiger partial charge in [-0.1, -0.05) is 24.6 Å². The Morgan fingerprint density at radius 1 is 1.00 bits per heavy atom. The van der Waals surface area contributed by atoms with Gasteiger partial charge in [-0.05, 0) is 85.3 Å². The first-order valence-corrected chi connectivity index (χ1v) is 14.4. The fourth-order valence-corrected chi connectivity index (χ4v) is 8.10. The van der Waals surface area contributed by atoms with Crippen LogP contribution in [0.1, 0.15) is 80.6 Å². The number of amides is 2. The van der Waals surface area contributed by atoms with E-state index in [4.69, 9.17) is 0 Å². The number of benzene rings is 1. The fourth-order valence-electron chi connectivity index (χ4n) is 8.10. The highest BCUT2D eigenvalue weighted by Crippen LogP contribution is 2.70. The number of allylic oxidation sites excluding steroid dienone is 4. The molecule has 0 bridgehead atoms. The number of ketones is 1. The standard InChI is InChI=1S/C31H35F5N2O4/c1-17(39)37-13-14-38-27(41)19-5-3-18(4-6-19)24-16-28(2)25(11-12-29(28,42)30(32,33)31(34,35)36)23-9-7-20-15-21(40)8-10-22(20)26(23)24/h3-6,15,23-25,42H,7-14,16H2,1-2H3,(H,37,39)(H,38,41)/t23?,24-,25+,28?,29+/m1/s1. The van der Waals surface area contributed by atoms with Crippen molar-refractivity contribution >= 4 is 17.6 Å². The smallest absolute Gasteiger partial charge is 0.383 e. The number of alkyl halides is 5. The van der Waals surface area contributed by atoms with Crippen molar-refractivity contribution < 1.29 is 41.4 Å². The lowest BCUT2D eigenvalue weighted by atomic mass is 9.50. The first-order chi connectivity index (χ1) is 19.6. The molecule has 3 N–H and O–H groups in total. The van der Waals surface area contributed by atoms with Crippen molar-refractivity contribution in [1.82, 2.24) is 10.6 Å². The Kier molecular flexibility index (Phi) is 7.65. The van der Waals surface area contributed by atoms with Crippen molar-refractivity contribution in [1.29, 1.82) is 0 Å². The topological polar surface area (TPSA) is 95.5 Å². The van der Waals surface area contributed by atoms with E-state index in [0.29, 0.717) is 36.8 Å². The molecule has 0 aromatic heterocycles. The Labute approximate surface area is 240 Å². The van der Waals surface area contributed by atoms with E-state index in [9.17, 15) is 32.7 Å². The first kappa shape index (κ1) is 30.4. The van der Waals surface area contributed by atoms with E-state index in [1.54, 1.807) is 30.3 Å². The predicted molar refractivity (Wildman–Crippen MR) is 144 cm³/mol. The minimum Gasteiger partial charge on any atom is -0.383 e. The molecule has 42 heavy (non-hydrogen) atoms. The summed E-state index contributed by atoms with van der Waals surface area (Å²) in [4.78, 5) is 35.8. The Balaban J connectivity index is 1.54. The summed E-state index contributed by atoms with van der Waals surface area (Å²) in [5, 5.41) is 16.6. The zero-order valence-electron chi connectivity index (χ0n) is 23.5. The van der Waals surface area contributed by atoms with Crippen molar-refractivity contribution in [3.05, 3.63) is 58.2 Å². The van der Waals surface area contributed by atoms with Gasteiger partial charge in [-0.15, -0.1) is 0 Å². The van der Waals surface area contributed by atoms with E-state index in [2.05, 4.69) is 10.6 Å². The Bertz CT molecular complexity index is 1350. The number of carbonyl (C=O) groups is 3. The van der Waals surface area contributed by atoms with Gasteiger partial charge in [0.05, 0.1) is 0 Å². The summed E-state index contributed by atoms with van der Waals surface area (Å²) in [6.45, 7) is 3.21. The third-order valence-corrected chi connectivity index (χ3v) is 10.1. The summed E-state index contributed by atoms with van der Waals surface area (Å²) in [6, 6.07) is 6.52. The van der Waals surface area contributed by atoms with Crippen LogP contribution in [0.25, 0.3) is 0 Å². The van der Waals surface area contributed by atoms with E-state index in [1.165, 1.54) is 13.8 Å². The number of rotatable bonds is 6. The summed E-state index contributed by atoms with van der Waals surface area (Å²) < 4.78 is 71.4. The van der Waals surface area contributed by atoms with Crippen LogP contribution in [0.4, 0.5) is 22.0 Å². The first-order valence-electron chi connectivity index (χ1n) is 14.4. The second-order valence-electron chi connectivity index (χ2n) is 12.3. The maximum Gasteiger partial charge on any atom is 0.456 e. The number of hydrogen-bond acceptors (Lipinski definition) is 4. The number of fused-ring (bicyclic) bond motifs is 4. The molecule has 11 heteroatoms. The van der Waals surface area contributed by atoms with Crippen LogP contribution in [-0.2, 0) is 9.59 Å². The van der Waals surface area contributed by atoms with Crippen LogP contribution < -0.4 is 10.6 Å². The Morgan fingerprint density at radius 2 is 1.67 bits per heavy atom. The molecule has 4 aliphatic rings. The van der Waals surface area contributed by atoms with Crippen molar-refractivity contribution in [2.75, 3.05) is 13.1 Å². The monoisotopic (exact) mass is 594 g/mol. The van der Waals surface area contributed by atoms with Gasteiger partial charge in [0.25, 0.3) is 5.91 Å². The van der Waals surface area contributed by atoms with Crippen LogP contribution in [0.2, 0.25) is 0 Å². The zero-order valence-corrected chi connectivity index (χ0v) is 23.5. The highest BCUT2D eigenvalue weighted by molar-refractivity contribution is 5.94. The van der Waals surface area contributed by atoms with E-state index < -0.39 is 41.4 Å². The number of halogens is 5. The number of hydrogen-bond donors (Lipinski definition) is 3. The summed E-state index contributed by atoms with van der Waals surface area (Å²) in [5.74, 6) is -7.37. The summed E-state index contributed by atoms with van der Waals surface area (Å²) in [6.07, 6.45) is -3.21. The van der Waals surface area contributed by atoms with Gasteiger partial charge in [-0.25, -0.2) is 0 Å². The van der Waals surface area contributed by atoms with Crippen LogP contribution in [-0.4, -0.2) is 53.5 Å². The largest absolute Gasteiger partial charge is 0.456 e. The molecule has 0 spiro atoms. The molecule has 1 aromatic carbocycles. The summed E-state index contributed by atoms with van der Waals surface area (Å²) in [7, 11) is 0.